The molecule has 5 nitrogen and oxygen atoms in total. The summed E-state index contributed by atoms with van der Waals surface area (Å²) in [5.41, 5.74) is 2.87. The van der Waals surface area contributed by atoms with Gasteiger partial charge < -0.3 is 10.2 Å². The van der Waals surface area contributed by atoms with Gasteiger partial charge in [-0.15, -0.1) is 0 Å². The Morgan fingerprint density at radius 2 is 1.71 bits per heavy atom. The third-order valence-corrected chi connectivity index (χ3v) is 6.05. The molecule has 5 heteroatoms. The molecule has 0 atom stereocenters. The highest BCUT2D eigenvalue weighted by Gasteiger charge is 2.42. The number of nitrogens with zero attached hydrogens (tertiary/aromatic N) is 2. The van der Waals surface area contributed by atoms with Crippen molar-refractivity contribution >= 4 is 11.8 Å². The van der Waals surface area contributed by atoms with Crippen LogP contribution in [0.25, 0.3) is 11.1 Å². The molecule has 0 aliphatic carbocycles. The van der Waals surface area contributed by atoms with E-state index in [0.717, 1.165) is 16.7 Å². The van der Waals surface area contributed by atoms with Crippen LogP contribution in [0.4, 0.5) is 0 Å². The van der Waals surface area contributed by atoms with Gasteiger partial charge in [0.15, 0.2) is 0 Å². The zero-order valence-corrected chi connectivity index (χ0v) is 19.2. The Kier molecular flexibility index (Phi) is 7.47. The summed E-state index contributed by atoms with van der Waals surface area (Å²) in [4.78, 5) is 31.9. The summed E-state index contributed by atoms with van der Waals surface area (Å²) in [5.74, 6) is 0.658. The number of aromatic nitrogens is 1. The van der Waals surface area contributed by atoms with Gasteiger partial charge >= 0.3 is 0 Å². The molecule has 2 aromatic rings. The molecule has 3 rings (SSSR count). The van der Waals surface area contributed by atoms with E-state index in [4.69, 9.17) is 0 Å². The highest BCUT2D eigenvalue weighted by Crippen LogP contribution is 2.36. The Morgan fingerprint density at radius 3 is 2.26 bits per heavy atom. The third kappa shape index (κ3) is 5.93. The number of pyridine rings is 1. The molecule has 2 amide bonds. The summed E-state index contributed by atoms with van der Waals surface area (Å²) in [6, 6.07) is 12.5. The van der Waals surface area contributed by atoms with Crippen molar-refractivity contribution in [2.24, 2.45) is 11.3 Å². The van der Waals surface area contributed by atoms with Gasteiger partial charge in [0, 0.05) is 37.9 Å². The minimum atomic E-state index is -0.477. The van der Waals surface area contributed by atoms with Gasteiger partial charge in [0.05, 0.1) is 5.41 Å². The minimum absolute atomic E-state index is 0.0953. The van der Waals surface area contributed by atoms with Crippen molar-refractivity contribution in [3.05, 3.63) is 54.4 Å². The molecular formula is C26H35N3O2. The molecule has 1 fully saturated rings. The van der Waals surface area contributed by atoms with Gasteiger partial charge in [-0.1, -0.05) is 44.2 Å². The standard InChI is InChI=1S/C26H35N3O2/c1-19(2)16-24(30)29-14-11-26(12-15-29,25(31)28-20(3)4)17-21-7-9-22(10-8-21)23-6-5-13-27-18-23/h5-10,13,18-20H,11-12,14-17H2,1-4H3,(H,28,31). The molecule has 31 heavy (non-hydrogen) atoms. The highest BCUT2D eigenvalue weighted by molar-refractivity contribution is 5.84. The fraction of sp³-hybridized carbons (Fsp3) is 0.500. The van der Waals surface area contributed by atoms with Gasteiger partial charge in [0.25, 0.3) is 0 Å². The van der Waals surface area contributed by atoms with Gasteiger partial charge in [-0.05, 0) is 61.8 Å². The van der Waals surface area contributed by atoms with Gasteiger partial charge in [-0.2, -0.15) is 0 Å². The molecule has 0 spiro atoms. The second kappa shape index (κ2) is 10.1. The first-order valence-electron chi connectivity index (χ1n) is 11.4. The lowest BCUT2D eigenvalue weighted by molar-refractivity contribution is -0.141. The average molecular weight is 422 g/mol. The number of piperidine rings is 1. The van der Waals surface area contributed by atoms with Gasteiger partial charge in [0.1, 0.15) is 0 Å². The molecule has 1 aromatic heterocycles. The molecular weight excluding hydrogens is 386 g/mol. The molecule has 0 saturated carbocycles. The number of hydrogen-bond donors (Lipinski definition) is 1. The Morgan fingerprint density at radius 1 is 1.03 bits per heavy atom. The molecule has 0 radical (unpaired) electrons. The number of likely N-dealkylation sites (tertiary alicyclic amines) is 1. The smallest absolute Gasteiger partial charge is 0.226 e. The third-order valence-electron chi connectivity index (χ3n) is 6.05. The fourth-order valence-electron chi connectivity index (χ4n) is 4.30. The van der Waals surface area contributed by atoms with Gasteiger partial charge in [-0.3, -0.25) is 14.6 Å². The van der Waals surface area contributed by atoms with Gasteiger partial charge in [-0.25, -0.2) is 0 Å². The van der Waals surface area contributed by atoms with Crippen molar-refractivity contribution in [2.45, 2.75) is 59.4 Å². The first kappa shape index (κ1) is 23.0. The predicted molar refractivity (Wildman–Crippen MR) is 124 cm³/mol. The van der Waals surface area contributed by atoms with Crippen LogP contribution in [0.3, 0.4) is 0 Å². The zero-order chi connectivity index (χ0) is 22.4. The molecule has 2 heterocycles. The van der Waals surface area contributed by atoms with E-state index in [1.165, 1.54) is 0 Å². The van der Waals surface area contributed by atoms with Crippen molar-refractivity contribution < 1.29 is 9.59 Å². The van der Waals surface area contributed by atoms with Crippen LogP contribution < -0.4 is 5.32 Å². The normalized spacial score (nSPS) is 15.9. The lowest BCUT2D eigenvalue weighted by Crippen LogP contribution is -2.52. The zero-order valence-electron chi connectivity index (χ0n) is 19.2. The molecule has 1 saturated heterocycles. The molecule has 1 N–H and O–H groups in total. The lowest BCUT2D eigenvalue weighted by atomic mass is 9.72. The van der Waals surface area contributed by atoms with Crippen molar-refractivity contribution in [1.82, 2.24) is 15.2 Å². The summed E-state index contributed by atoms with van der Waals surface area (Å²) in [6.45, 7) is 9.41. The Bertz CT molecular complexity index is 867. The minimum Gasteiger partial charge on any atom is -0.353 e. The molecule has 1 aromatic carbocycles. The SMILES string of the molecule is CC(C)CC(=O)N1CCC(Cc2ccc(-c3cccnc3)cc2)(C(=O)NC(C)C)CC1. The van der Waals surface area contributed by atoms with Crippen LogP contribution in [0, 0.1) is 11.3 Å². The van der Waals surface area contributed by atoms with Crippen molar-refractivity contribution in [3.8, 4) is 11.1 Å². The van der Waals surface area contributed by atoms with Crippen LogP contribution in [-0.2, 0) is 16.0 Å². The first-order valence-corrected chi connectivity index (χ1v) is 11.4. The maximum Gasteiger partial charge on any atom is 0.226 e. The van der Waals surface area contributed by atoms with E-state index in [-0.39, 0.29) is 17.9 Å². The summed E-state index contributed by atoms with van der Waals surface area (Å²) in [6.07, 6.45) is 6.27. The van der Waals surface area contributed by atoms with E-state index in [2.05, 4.69) is 48.4 Å². The number of amides is 2. The topological polar surface area (TPSA) is 62.3 Å². The number of rotatable bonds is 7. The Balaban J connectivity index is 1.76. The fourth-order valence-corrected chi connectivity index (χ4v) is 4.30. The number of carbonyl (C=O) groups is 2. The molecule has 0 unspecified atom stereocenters. The molecule has 1 aliphatic heterocycles. The number of benzene rings is 1. The lowest BCUT2D eigenvalue weighted by Gasteiger charge is -2.41. The largest absolute Gasteiger partial charge is 0.353 e. The van der Waals surface area contributed by atoms with Crippen LogP contribution in [-0.4, -0.2) is 40.8 Å². The predicted octanol–water partition coefficient (Wildman–Crippen LogP) is 4.47. The van der Waals surface area contributed by atoms with E-state index >= 15 is 0 Å². The van der Waals surface area contributed by atoms with Gasteiger partial charge in [0.2, 0.25) is 11.8 Å². The van der Waals surface area contributed by atoms with E-state index in [1.807, 2.05) is 37.1 Å². The van der Waals surface area contributed by atoms with Crippen LogP contribution in [0.1, 0.15) is 52.5 Å². The average Bonchev–Trinajstić information content (AvgIpc) is 2.74. The quantitative estimate of drug-likeness (QED) is 0.717. The van der Waals surface area contributed by atoms with Crippen molar-refractivity contribution in [3.63, 3.8) is 0 Å². The number of nitrogens with one attached hydrogen (secondary N) is 1. The Labute approximate surface area is 186 Å². The molecule has 166 valence electrons. The van der Waals surface area contributed by atoms with Crippen molar-refractivity contribution in [1.29, 1.82) is 0 Å². The van der Waals surface area contributed by atoms with Crippen LogP contribution in [0.2, 0.25) is 0 Å². The van der Waals surface area contributed by atoms with Crippen LogP contribution in [0.15, 0.2) is 48.8 Å². The maximum absolute atomic E-state index is 13.3. The molecule has 0 bridgehead atoms. The second-order valence-corrected chi connectivity index (χ2v) is 9.50. The summed E-state index contributed by atoms with van der Waals surface area (Å²) >= 11 is 0. The summed E-state index contributed by atoms with van der Waals surface area (Å²) in [5, 5.41) is 3.14. The maximum atomic E-state index is 13.3. The summed E-state index contributed by atoms with van der Waals surface area (Å²) in [7, 11) is 0. The molecule has 1 aliphatic rings. The monoisotopic (exact) mass is 421 g/mol. The summed E-state index contributed by atoms with van der Waals surface area (Å²) < 4.78 is 0. The van der Waals surface area contributed by atoms with Crippen LogP contribution in [0.5, 0.6) is 0 Å². The second-order valence-electron chi connectivity index (χ2n) is 9.50. The van der Waals surface area contributed by atoms with E-state index in [0.29, 0.717) is 44.7 Å². The number of carbonyl (C=O) groups excluding carboxylic acids is 2. The first-order chi connectivity index (χ1) is 14.8. The highest BCUT2D eigenvalue weighted by atomic mass is 16.2. The van der Waals surface area contributed by atoms with Crippen LogP contribution >= 0.6 is 0 Å². The van der Waals surface area contributed by atoms with E-state index in [9.17, 15) is 9.59 Å². The van der Waals surface area contributed by atoms with Crippen molar-refractivity contribution in [2.75, 3.05) is 13.1 Å². The van der Waals surface area contributed by atoms with E-state index in [1.54, 1.807) is 6.20 Å². The van der Waals surface area contributed by atoms with E-state index < -0.39 is 5.41 Å². The number of hydrogen-bond acceptors (Lipinski definition) is 3. The Hall–Kier alpha value is -2.69.